The van der Waals surface area contributed by atoms with Gasteiger partial charge < -0.3 is 15.0 Å². The van der Waals surface area contributed by atoms with Crippen LogP contribution >= 0.6 is 11.3 Å². The normalized spacial score (nSPS) is 14.4. The van der Waals surface area contributed by atoms with E-state index in [2.05, 4.69) is 27.6 Å². The van der Waals surface area contributed by atoms with E-state index in [-0.39, 0.29) is 6.03 Å². The van der Waals surface area contributed by atoms with Crippen LogP contribution in [0.1, 0.15) is 16.1 Å². The van der Waals surface area contributed by atoms with Crippen molar-refractivity contribution in [2.45, 2.75) is 13.0 Å². The number of urea groups is 1. The molecule has 0 unspecified atom stereocenters. The van der Waals surface area contributed by atoms with Crippen molar-refractivity contribution in [2.75, 3.05) is 26.0 Å². The van der Waals surface area contributed by atoms with Gasteiger partial charge in [0.1, 0.15) is 5.75 Å². The van der Waals surface area contributed by atoms with Gasteiger partial charge in [0, 0.05) is 36.2 Å². The molecule has 0 fully saturated rings. The molecule has 2 aromatic rings. The lowest BCUT2D eigenvalue weighted by molar-refractivity contribution is 0.255. The lowest BCUT2D eigenvalue weighted by Gasteiger charge is -2.20. The molecule has 126 valence electrons. The van der Waals surface area contributed by atoms with E-state index in [9.17, 15) is 4.79 Å². The number of para-hydroxylation sites is 1. The second-order valence-electron chi connectivity index (χ2n) is 5.55. The number of carbonyl (C=O) groups is 1. The Morgan fingerprint density at radius 3 is 3.08 bits per heavy atom. The first-order chi connectivity index (χ1) is 11.7. The van der Waals surface area contributed by atoms with E-state index in [0.717, 1.165) is 36.5 Å². The predicted molar refractivity (Wildman–Crippen MR) is 96.3 cm³/mol. The first kappa shape index (κ1) is 16.5. The molecule has 24 heavy (non-hydrogen) atoms. The molecule has 1 aliphatic heterocycles. The third-order valence-electron chi connectivity index (χ3n) is 3.76. The first-order valence-corrected chi connectivity index (χ1v) is 8.51. The van der Waals surface area contributed by atoms with Crippen LogP contribution in [0, 0.1) is 0 Å². The molecule has 0 atom stereocenters. The van der Waals surface area contributed by atoms with E-state index in [1.165, 1.54) is 16.2 Å². The van der Waals surface area contributed by atoms with Crippen molar-refractivity contribution in [1.82, 2.24) is 15.2 Å². The highest BCUT2D eigenvalue weighted by Crippen LogP contribution is 2.27. The summed E-state index contributed by atoms with van der Waals surface area (Å²) in [6.07, 6.45) is 4.31. The Kier molecular flexibility index (Phi) is 5.12. The van der Waals surface area contributed by atoms with E-state index >= 15 is 0 Å². The fourth-order valence-electron chi connectivity index (χ4n) is 2.52. The summed E-state index contributed by atoms with van der Waals surface area (Å²) in [5.74, 6) is 0.757. The Labute approximate surface area is 145 Å². The molecule has 1 aliphatic rings. The Morgan fingerprint density at radius 2 is 2.25 bits per heavy atom. The zero-order valence-corrected chi connectivity index (χ0v) is 14.5. The highest BCUT2D eigenvalue weighted by Gasteiger charge is 2.18. The summed E-state index contributed by atoms with van der Waals surface area (Å²) in [6, 6.07) is 7.30. The number of rotatable bonds is 4. The van der Waals surface area contributed by atoms with Crippen LogP contribution in [0.2, 0.25) is 0 Å². The van der Waals surface area contributed by atoms with Crippen LogP contribution in [0.5, 0.6) is 5.75 Å². The molecular formula is C17H20N4O2S. The molecule has 7 heteroatoms. The molecule has 1 aromatic heterocycles. The number of anilines is 1. The molecule has 0 aliphatic carbocycles. The van der Waals surface area contributed by atoms with Gasteiger partial charge in [0.05, 0.1) is 12.8 Å². The number of hydrogen-bond acceptors (Lipinski definition) is 5. The molecule has 0 saturated carbocycles. The molecular weight excluding hydrogens is 324 g/mol. The van der Waals surface area contributed by atoms with Crippen LogP contribution in [0.25, 0.3) is 6.08 Å². The number of nitrogens with zero attached hydrogens (tertiary/aromatic N) is 2. The van der Waals surface area contributed by atoms with Crippen molar-refractivity contribution in [3.63, 3.8) is 0 Å². The quantitative estimate of drug-likeness (QED) is 0.895. The molecule has 2 heterocycles. The smallest absolute Gasteiger partial charge is 0.325 e. The van der Waals surface area contributed by atoms with Crippen LogP contribution in [0.15, 0.2) is 30.5 Å². The summed E-state index contributed by atoms with van der Waals surface area (Å²) in [6.45, 7) is 1.90. The van der Waals surface area contributed by atoms with Gasteiger partial charge in [-0.05, 0) is 19.2 Å². The minimum Gasteiger partial charge on any atom is -0.496 e. The summed E-state index contributed by atoms with van der Waals surface area (Å²) in [5, 5.41) is 6.11. The topological polar surface area (TPSA) is 66.5 Å². The van der Waals surface area contributed by atoms with Gasteiger partial charge >= 0.3 is 6.03 Å². The summed E-state index contributed by atoms with van der Waals surface area (Å²) < 4.78 is 5.26. The average Bonchev–Trinajstić information content (AvgIpc) is 2.96. The predicted octanol–water partition coefficient (Wildman–Crippen LogP) is 2.93. The van der Waals surface area contributed by atoms with Gasteiger partial charge in [-0.2, -0.15) is 0 Å². The van der Waals surface area contributed by atoms with E-state index < -0.39 is 0 Å². The standard InChI is InChI=1S/C17H20N4O2S/c1-21-10-8-13-15(11-21)24-17(19-13)20-16(22)18-9-7-12-5-3-4-6-14(12)23-2/h3-7,9H,8,10-11H2,1-2H3,(H2,18,19,20,22)/b9-7+. The van der Waals surface area contributed by atoms with Crippen molar-refractivity contribution < 1.29 is 9.53 Å². The molecule has 0 saturated heterocycles. The highest BCUT2D eigenvalue weighted by atomic mass is 32.1. The second kappa shape index (κ2) is 7.46. The van der Waals surface area contributed by atoms with Gasteiger partial charge in [-0.3, -0.25) is 5.32 Å². The Hall–Kier alpha value is -2.38. The van der Waals surface area contributed by atoms with Gasteiger partial charge in [0.25, 0.3) is 0 Å². The maximum atomic E-state index is 12.0. The van der Waals surface area contributed by atoms with Crippen molar-refractivity contribution in [1.29, 1.82) is 0 Å². The number of carbonyl (C=O) groups excluding carboxylic acids is 1. The molecule has 0 radical (unpaired) electrons. The number of likely N-dealkylation sites (N-methyl/N-ethyl adjacent to an activating group) is 1. The number of aromatic nitrogens is 1. The molecule has 0 spiro atoms. The third kappa shape index (κ3) is 3.93. The average molecular weight is 344 g/mol. The van der Waals surface area contributed by atoms with Crippen LogP contribution < -0.4 is 15.4 Å². The van der Waals surface area contributed by atoms with Crippen molar-refractivity contribution in [3.05, 3.63) is 46.6 Å². The molecule has 6 nitrogen and oxygen atoms in total. The number of thiazole rings is 1. The Bertz CT molecular complexity index is 757. The van der Waals surface area contributed by atoms with Crippen molar-refractivity contribution in [2.24, 2.45) is 0 Å². The zero-order chi connectivity index (χ0) is 16.9. The summed E-state index contributed by atoms with van der Waals surface area (Å²) in [7, 11) is 3.71. The largest absolute Gasteiger partial charge is 0.496 e. The summed E-state index contributed by atoms with van der Waals surface area (Å²) in [5.41, 5.74) is 1.99. The first-order valence-electron chi connectivity index (χ1n) is 7.70. The second-order valence-corrected chi connectivity index (χ2v) is 6.63. The highest BCUT2D eigenvalue weighted by molar-refractivity contribution is 7.15. The number of fused-ring (bicyclic) bond motifs is 1. The van der Waals surface area contributed by atoms with Crippen molar-refractivity contribution >= 4 is 28.6 Å². The van der Waals surface area contributed by atoms with Gasteiger partial charge in [0.15, 0.2) is 5.13 Å². The van der Waals surface area contributed by atoms with Gasteiger partial charge in [-0.25, -0.2) is 9.78 Å². The molecule has 0 bridgehead atoms. The fourth-order valence-corrected chi connectivity index (χ4v) is 3.60. The maximum Gasteiger partial charge on any atom is 0.325 e. The van der Waals surface area contributed by atoms with Crippen LogP contribution in [0.4, 0.5) is 9.93 Å². The lowest BCUT2D eigenvalue weighted by atomic mass is 10.2. The molecule has 1 aromatic carbocycles. The Balaban J connectivity index is 1.57. The van der Waals surface area contributed by atoms with Crippen LogP contribution in [-0.2, 0) is 13.0 Å². The molecule has 3 rings (SSSR count). The van der Waals surface area contributed by atoms with E-state index in [1.807, 2.05) is 24.3 Å². The number of hydrogen-bond donors (Lipinski definition) is 2. The minimum absolute atomic E-state index is 0.305. The molecule has 2 amide bonds. The van der Waals surface area contributed by atoms with Gasteiger partial charge in [-0.1, -0.05) is 18.2 Å². The number of amides is 2. The minimum atomic E-state index is -0.305. The van der Waals surface area contributed by atoms with Gasteiger partial charge in [0.2, 0.25) is 0 Å². The van der Waals surface area contributed by atoms with Crippen molar-refractivity contribution in [3.8, 4) is 5.75 Å². The number of benzene rings is 1. The monoisotopic (exact) mass is 344 g/mol. The number of nitrogens with one attached hydrogen (secondary N) is 2. The van der Waals surface area contributed by atoms with E-state index in [4.69, 9.17) is 4.74 Å². The third-order valence-corrected chi connectivity index (χ3v) is 4.76. The Morgan fingerprint density at radius 1 is 1.42 bits per heavy atom. The fraction of sp³-hybridized carbons (Fsp3) is 0.294. The van der Waals surface area contributed by atoms with E-state index in [1.54, 1.807) is 19.4 Å². The lowest BCUT2D eigenvalue weighted by Crippen LogP contribution is -2.25. The SMILES string of the molecule is COc1ccccc1/C=C/NC(=O)Nc1nc2c(s1)CN(C)CC2. The summed E-state index contributed by atoms with van der Waals surface area (Å²) in [4.78, 5) is 20.0. The van der Waals surface area contributed by atoms with Crippen LogP contribution in [0.3, 0.4) is 0 Å². The zero-order valence-electron chi connectivity index (χ0n) is 13.7. The van der Waals surface area contributed by atoms with Gasteiger partial charge in [-0.15, -0.1) is 11.3 Å². The maximum absolute atomic E-state index is 12.0. The molecule has 2 N–H and O–H groups in total. The van der Waals surface area contributed by atoms with Crippen LogP contribution in [-0.4, -0.2) is 36.6 Å². The summed E-state index contributed by atoms with van der Waals surface area (Å²) >= 11 is 1.53. The number of ether oxygens (including phenoxy) is 1. The number of methoxy groups -OCH3 is 1. The van der Waals surface area contributed by atoms with E-state index in [0.29, 0.717) is 5.13 Å².